The van der Waals surface area contributed by atoms with Gasteiger partial charge < -0.3 is 10.6 Å². The first-order valence-corrected chi connectivity index (χ1v) is 7.24. The molecular formula is C14H26N2. The normalized spacial score (nSPS) is 37.3. The first-order valence-electron chi connectivity index (χ1n) is 7.24. The predicted octanol–water partition coefficient (Wildman–Crippen LogP) is 2.15. The van der Waals surface area contributed by atoms with E-state index in [9.17, 15) is 0 Å². The van der Waals surface area contributed by atoms with Crippen LogP contribution in [0.1, 0.15) is 45.4 Å². The van der Waals surface area contributed by atoms with Gasteiger partial charge in [0.05, 0.1) is 0 Å². The molecule has 16 heavy (non-hydrogen) atoms. The summed E-state index contributed by atoms with van der Waals surface area (Å²) in [6.07, 6.45) is 8.80. The maximum Gasteiger partial charge on any atom is 0.0218 e. The lowest BCUT2D eigenvalue weighted by atomic mass is 9.92. The fourth-order valence-electron chi connectivity index (χ4n) is 3.45. The molecule has 0 bridgehead atoms. The highest BCUT2D eigenvalue weighted by atomic mass is 15.0. The van der Waals surface area contributed by atoms with Crippen LogP contribution in [0.2, 0.25) is 0 Å². The molecule has 2 aliphatic carbocycles. The lowest BCUT2D eigenvalue weighted by Crippen LogP contribution is -2.47. The molecule has 2 nitrogen and oxygen atoms in total. The zero-order valence-corrected chi connectivity index (χ0v) is 10.6. The third-order valence-corrected chi connectivity index (χ3v) is 5.11. The minimum Gasteiger partial charge on any atom is -0.315 e. The summed E-state index contributed by atoms with van der Waals surface area (Å²) in [5.41, 5.74) is 0.762. The van der Waals surface area contributed by atoms with E-state index < -0.39 is 0 Å². The molecule has 2 unspecified atom stereocenters. The van der Waals surface area contributed by atoms with Gasteiger partial charge in [0.1, 0.15) is 0 Å². The van der Waals surface area contributed by atoms with Gasteiger partial charge in [0.15, 0.2) is 0 Å². The lowest BCUT2D eigenvalue weighted by Gasteiger charge is -2.31. The summed E-state index contributed by atoms with van der Waals surface area (Å²) < 4.78 is 0. The van der Waals surface area contributed by atoms with E-state index in [0.29, 0.717) is 0 Å². The molecule has 2 atom stereocenters. The first kappa shape index (κ1) is 11.0. The number of hydrogen-bond acceptors (Lipinski definition) is 2. The van der Waals surface area contributed by atoms with Crippen molar-refractivity contribution in [1.29, 1.82) is 0 Å². The van der Waals surface area contributed by atoms with Crippen LogP contribution in [0.15, 0.2) is 0 Å². The highest BCUT2D eigenvalue weighted by Gasteiger charge is 2.53. The van der Waals surface area contributed by atoms with Gasteiger partial charge in [0.2, 0.25) is 0 Å². The zero-order valence-electron chi connectivity index (χ0n) is 10.6. The van der Waals surface area contributed by atoms with E-state index in [1.54, 1.807) is 0 Å². The summed E-state index contributed by atoms with van der Waals surface area (Å²) in [6.45, 7) is 6.11. The first-order chi connectivity index (χ1) is 7.80. The molecule has 1 saturated heterocycles. The summed E-state index contributed by atoms with van der Waals surface area (Å²) >= 11 is 0. The van der Waals surface area contributed by atoms with E-state index in [2.05, 4.69) is 17.6 Å². The van der Waals surface area contributed by atoms with Crippen molar-refractivity contribution in [3.05, 3.63) is 0 Å². The molecule has 1 aliphatic heterocycles. The fourth-order valence-corrected chi connectivity index (χ4v) is 3.45. The van der Waals surface area contributed by atoms with Crippen molar-refractivity contribution in [3.8, 4) is 0 Å². The number of rotatable bonds is 5. The van der Waals surface area contributed by atoms with Crippen LogP contribution in [-0.4, -0.2) is 25.7 Å². The van der Waals surface area contributed by atoms with Crippen LogP contribution < -0.4 is 10.6 Å². The van der Waals surface area contributed by atoms with Crippen molar-refractivity contribution >= 4 is 0 Å². The van der Waals surface area contributed by atoms with E-state index in [1.807, 2.05) is 0 Å². The topological polar surface area (TPSA) is 24.1 Å². The van der Waals surface area contributed by atoms with Crippen LogP contribution >= 0.6 is 0 Å². The Morgan fingerprint density at radius 2 is 2.06 bits per heavy atom. The number of piperidine rings is 1. The maximum absolute atomic E-state index is 3.75. The molecule has 2 N–H and O–H groups in total. The summed E-state index contributed by atoms with van der Waals surface area (Å²) in [6, 6.07) is 0.726. The quantitative estimate of drug-likeness (QED) is 0.745. The van der Waals surface area contributed by atoms with Gasteiger partial charge in [-0.15, -0.1) is 0 Å². The Morgan fingerprint density at radius 1 is 1.25 bits per heavy atom. The van der Waals surface area contributed by atoms with Crippen LogP contribution in [0.25, 0.3) is 0 Å². The monoisotopic (exact) mass is 222 g/mol. The van der Waals surface area contributed by atoms with E-state index in [4.69, 9.17) is 0 Å². The molecule has 0 amide bonds. The molecule has 1 heterocycles. The Kier molecular flexibility index (Phi) is 2.97. The standard InChI is InChI=1S/C14H26N2/c1-11-3-2-8-16-13(11)9-15-10-14(6-7-14)12-4-5-12/h11-13,15-16H,2-10H2,1H3. The molecule has 2 heteroatoms. The Balaban J connectivity index is 1.39. The predicted molar refractivity (Wildman–Crippen MR) is 67.4 cm³/mol. The van der Waals surface area contributed by atoms with Crippen molar-refractivity contribution in [3.63, 3.8) is 0 Å². The van der Waals surface area contributed by atoms with Crippen molar-refractivity contribution in [1.82, 2.24) is 10.6 Å². The van der Waals surface area contributed by atoms with Gasteiger partial charge in [-0.05, 0) is 62.3 Å². The third kappa shape index (κ3) is 2.28. The SMILES string of the molecule is CC1CCCNC1CNCC1(C2CC2)CC1. The summed E-state index contributed by atoms with van der Waals surface area (Å²) in [7, 11) is 0. The molecule has 0 radical (unpaired) electrons. The molecule has 0 spiro atoms. The summed E-state index contributed by atoms with van der Waals surface area (Å²) in [4.78, 5) is 0. The molecule has 0 aromatic rings. The van der Waals surface area contributed by atoms with Crippen LogP contribution in [0, 0.1) is 17.3 Å². The number of hydrogen-bond donors (Lipinski definition) is 2. The summed E-state index contributed by atoms with van der Waals surface area (Å²) in [5.74, 6) is 1.95. The molecule has 3 aliphatic rings. The van der Waals surface area contributed by atoms with Gasteiger partial charge in [-0.25, -0.2) is 0 Å². The molecule has 3 rings (SSSR count). The Morgan fingerprint density at radius 3 is 2.69 bits per heavy atom. The van der Waals surface area contributed by atoms with Gasteiger partial charge in [0.25, 0.3) is 0 Å². The summed E-state index contributed by atoms with van der Waals surface area (Å²) in [5, 5.41) is 7.40. The second kappa shape index (κ2) is 4.30. The van der Waals surface area contributed by atoms with Gasteiger partial charge in [0, 0.05) is 19.1 Å². The minimum atomic E-state index is 0.726. The van der Waals surface area contributed by atoms with Crippen molar-refractivity contribution in [2.45, 2.75) is 51.5 Å². The molecule has 92 valence electrons. The molecule has 2 saturated carbocycles. The van der Waals surface area contributed by atoms with E-state index >= 15 is 0 Å². The van der Waals surface area contributed by atoms with Crippen molar-refractivity contribution < 1.29 is 0 Å². The van der Waals surface area contributed by atoms with E-state index in [1.165, 1.54) is 58.2 Å². The maximum atomic E-state index is 3.75. The molecule has 3 fully saturated rings. The van der Waals surface area contributed by atoms with Gasteiger partial charge >= 0.3 is 0 Å². The second-order valence-corrected chi connectivity index (χ2v) is 6.45. The Bertz CT molecular complexity index is 243. The minimum absolute atomic E-state index is 0.726. The van der Waals surface area contributed by atoms with Crippen molar-refractivity contribution in [2.75, 3.05) is 19.6 Å². The third-order valence-electron chi connectivity index (χ3n) is 5.11. The van der Waals surface area contributed by atoms with Crippen LogP contribution in [-0.2, 0) is 0 Å². The Hall–Kier alpha value is -0.0800. The molecule has 0 aromatic carbocycles. The van der Waals surface area contributed by atoms with Gasteiger partial charge in [-0.3, -0.25) is 0 Å². The zero-order chi connectivity index (χ0) is 11.0. The van der Waals surface area contributed by atoms with Crippen LogP contribution in [0.5, 0.6) is 0 Å². The van der Waals surface area contributed by atoms with E-state index in [0.717, 1.165) is 23.3 Å². The number of nitrogens with one attached hydrogen (secondary N) is 2. The molecular weight excluding hydrogens is 196 g/mol. The molecule has 0 aromatic heterocycles. The fraction of sp³-hybridized carbons (Fsp3) is 1.00. The average Bonchev–Trinajstić information content (AvgIpc) is 3.15. The van der Waals surface area contributed by atoms with Gasteiger partial charge in [-0.1, -0.05) is 6.92 Å². The largest absolute Gasteiger partial charge is 0.315 e. The highest BCUT2D eigenvalue weighted by Crippen LogP contribution is 2.60. The van der Waals surface area contributed by atoms with E-state index in [-0.39, 0.29) is 0 Å². The highest BCUT2D eigenvalue weighted by molar-refractivity contribution is 5.05. The lowest BCUT2D eigenvalue weighted by molar-refractivity contribution is 0.280. The van der Waals surface area contributed by atoms with Crippen LogP contribution in [0.4, 0.5) is 0 Å². The smallest absolute Gasteiger partial charge is 0.0218 e. The average molecular weight is 222 g/mol. The van der Waals surface area contributed by atoms with Crippen LogP contribution in [0.3, 0.4) is 0 Å². The Labute approximate surface area is 99.6 Å². The van der Waals surface area contributed by atoms with Crippen molar-refractivity contribution in [2.24, 2.45) is 17.3 Å². The van der Waals surface area contributed by atoms with Gasteiger partial charge in [-0.2, -0.15) is 0 Å². The second-order valence-electron chi connectivity index (χ2n) is 6.45.